The van der Waals surface area contributed by atoms with Crippen molar-refractivity contribution in [2.75, 3.05) is 20.1 Å². The summed E-state index contributed by atoms with van der Waals surface area (Å²) >= 11 is 0. The summed E-state index contributed by atoms with van der Waals surface area (Å²) in [4.78, 5) is 29.4. The number of carbonyl (C=O) groups excluding carboxylic acids is 2. The molecule has 8 heteroatoms. The fourth-order valence-electron chi connectivity index (χ4n) is 4.43. The predicted molar refractivity (Wildman–Crippen MR) is 102 cm³/mol. The van der Waals surface area contributed by atoms with Gasteiger partial charge in [0.2, 0.25) is 0 Å². The normalized spacial score (nSPS) is 19.0. The minimum absolute atomic E-state index is 0.0157. The maximum absolute atomic E-state index is 13.1. The number of rotatable bonds is 4. The fraction of sp³-hybridized carbons (Fsp3) is 0.600. The Morgan fingerprint density at radius 2 is 2.07 bits per heavy atom. The van der Waals surface area contributed by atoms with Gasteiger partial charge in [0, 0.05) is 50.6 Å². The standard InChI is InChI=1S/C20H27N5O3/c1-13-11-16(22-28-13)19(26)25-10-6-7-14(25)12-23(2)20(27)18-15-8-4-5-9-17(15)24(3)21-18/h11,14H,4-10,12H2,1-3H3. The van der Waals surface area contributed by atoms with Crippen molar-refractivity contribution in [3.8, 4) is 0 Å². The molecular formula is C20H27N5O3. The molecule has 1 aliphatic heterocycles. The zero-order valence-corrected chi connectivity index (χ0v) is 16.8. The van der Waals surface area contributed by atoms with Crippen LogP contribution in [-0.2, 0) is 19.9 Å². The van der Waals surface area contributed by atoms with Crippen LogP contribution >= 0.6 is 0 Å². The minimum Gasteiger partial charge on any atom is -0.361 e. The molecule has 0 bridgehead atoms. The summed E-state index contributed by atoms with van der Waals surface area (Å²) in [6.45, 7) is 2.94. The molecule has 150 valence electrons. The number of hydrogen-bond acceptors (Lipinski definition) is 5. The molecule has 1 aliphatic carbocycles. The van der Waals surface area contributed by atoms with Crippen molar-refractivity contribution in [3.63, 3.8) is 0 Å². The summed E-state index contributed by atoms with van der Waals surface area (Å²) in [6.07, 6.45) is 5.95. The Balaban J connectivity index is 1.47. The molecule has 0 N–H and O–H groups in total. The zero-order chi connectivity index (χ0) is 19.8. The van der Waals surface area contributed by atoms with E-state index in [-0.39, 0.29) is 17.9 Å². The fourth-order valence-corrected chi connectivity index (χ4v) is 4.43. The van der Waals surface area contributed by atoms with Crippen molar-refractivity contribution >= 4 is 11.8 Å². The molecule has 0 aromatic carbocycles. The van der Waals surface area contributed by atoms with Crippen LogP contribution in [0.15, 0.2) is 10.6 Å². The van der Waals surface area contributed by atoms with Gasteiger partial charge in [-0.3, -0.25) is 14.3 Å². The number of likely N-dealkylation sites (tertiary alicyclic amines) is 1. The molecule has 28 heavy (non-hydrogen) atoms. The highest BCUT2D eigenvalue weighted by atomic mass is 16.5. The van der Waals surface area contributed by atoms with Crippen LogP contribution in [0.4, 0.5) is 0 Å². The number of likely N-dealkylation sites (N-methyl/N-ethyl adjacent to an activating group) is 1. The van der Waals surface area contributed by atoms with E-state index in [1.807, 2.05) is 16.6 Å². The van der Waals surface area contributed by atoms with E-state index in [1.54, 1.807) is 24.9 Å². The lowest BCUT2D eigenvalue weighted by atomic mass is 9.95. The van der Waals surface area contributed by atoms with E-state index in [2.05, 4.69) is 10.3 Å². The summed E-state index contributed by atoms with van der Waals surface area (Å²) < 4.78 is 6.90. The molecule has 1 saturated heterocycles. The first-order chi connectivity index (χ1) is 13.5. The van der Waals surface area contributed by atoms with Gasteiger partial charge in [0.25, 0.3) is 11.8 Å². The summed E-state index contributed by atoms with van der Waals surface area (Å²) in [5, 5.41) is 8.36. The van der Waals surface area contributed by atoms with Crippen LogP contribution < -0.4 is 0 Å². The lowest BCUT2D eigenvalue weighted by Crippen LogP contribution is -2.44. The van der Waals surface area contributed by atoms with E-state index in [0.29, 0.717) is 30.2 Å². The molecule has 2 aromatic rings. The van der Waals surface area contributed by atoms with Crippen LogP contribution in [0.25, 0.3) is 0 Å². The van der Waals surface area contributed by atoms with Gasteiger partial charge >= 0.3 is 0 Å². The summed E-state index contributed by atoms with van der Waals surface area (Å²) in [7, 11) is 3.71. The number of hydrogen-bond donors (Lipinski definition) is 0. The van der Waals surface area contributed by atoms with Crippen molar-refractivity contribution in [2.24, 2.45) is 7.05 Å². The Labute approximate surface area is 164 Å². The Hall–Kier alpha value is -2.64. The zero-order valence-electron chi connectivity index (χ0n) is 16.8. The Morgan fingerprint density at radius 3 is 2.82 bits per heavy atom. The quantitative estimate of drug-likeness (QED) is 0.803. The number of carbonyl (C=O) groups is 2. The highest BCUT2D eigenvalue weighted by molar-refractivity contribution is 5.94. The van der Waals surface area contributed by atoms with Crippen LogP contribution in [0, 0.1) is 6.92 Å². The molecule has 2 aromatic heterocycles. The highest BCUT2D eigenvalue weighted by Crippen LogP contribution is 2.26. The number of aryl methyl sites for hydroxylation is 2. The van der Waals surface area contributed by atoms with Gasteiger partial charge in [0.05, 0.1) is 0 Å². The molecule has 0 radical (unpaired) electrons. The average molecular weight is 385 g/mol. The largest absolute Gasteiger partial charge is 0.361 e. The van der Waals surface area contributed by atoms with Crippen LogP contribution in [0.5, 0.6) is 0 Å². The van der Waals surface area contributed by atoms with Gasteiger partial charge in [-0.25, -0.2) is 0 Å². The van der Waals surface area contributed by atoms with Crippen LogP contribution in [0.2, 0.25) is 0 Å². The predicted octanol–water partition coefficient (Wildman–Crippen LogP) is 1.97. The molecular weight excluding hydrogens is 358 g/mol. The molecule has 4 rings (SSSR count). The minimum atomic E-state index is -0.129. The first-order valence-electron chi connectivity index (χ1n) is 10.00. The number of nitrogens with zero attached hydrogens (tertiary/aromatic N) is 5. The Morgan fingerprint density at radius 1 is 1.29 bits per heavy atom. The van der Waals surface area contributed by atoms with Gasteiger partial charge in [-0.1, -0.05) is 5.16 Å². The first kappa shape index (κ1) is 18.7. The third-order valence-corrected chi connectivity index (χ3v) is 5.88. The molecule has 8 nitrogen and oxygen atoms in total. The van der Waals surface area contributed by atoms with Crippen molar-refractivity contribution < 1.29 is 14.1 Å². The molecule has 1 unspecified atom stereocenters. The molecule has 1 fully saturated rings. The van der Waals surface area contributed by atoms with Gasteiger partial charge in [-0.2, -0.15) is 5.10 Å². The van der Waals surface area contributed by atoms with E-state index in [0.717, 1.165) is 44.1 Å². The third-order valence-electron chi connectivity index (χ3n) is 5.88. The van der Waals surface area contributed by atoms with E-state index >= 15 is 0 Å². The van der Waals surface area contributed by atoms with Crippen molar-refractivity contribution in [2.45, 2.75) is 51.5 Å². The number of amides is 2. The number of aromatic nitrogens is 3. The van der Waals surface area contributed by atoms with Crippen molar-refractivity contribution in [3.05, 3.63) is 34.5 Å². The lowest BCUT2D eigenvalue weighted by Gasteiger charge is -2.28. The number of fused-ring (bicyclic) bond motifs is 1. The van der Waals surface area contributed by atoms with Gasteiger partial charge < -0.3 is 14.3 Å². The van der Waals surface area contributed by atoms with E-state index in [4.69, 9.17) is 4.52 Å². The first-order valence-corrected chi connectivity index (χ1v) is 10.00. The Bertz CT molecular complexity index is 900. The SMILES string of the molecule is Cc1cc(C(=O)N2CCCC2CN(C)C(=O)c2nn(C)c3c2CCCC3)no1. The maximum atomic E-state index is 13.1. The second-order valence-electron chi connectivity index (χ2n) is 7.91. The van der Waals surface area contributed by atoms with Gasteiger partial charge in [0.1, 0.15) is 5.76 Å². The highest BCUT2D eigenvalue weighted by Gasteiger charge is 2.34. The van der Waals surface area contributed by atoms with Crippen LogP contribution in [0.3, 0.4) is 0 Å². The molecule has 1 atom stereocenters. The Kier molecular flexibility index (Phi) is 4.95. The van der Waals surface area contributed by atoms with E-state index < -0.39 is 0 Å². The second-order valence-corrected chi connectivity index (χ2v) is 7.91. The topological polar surface area (TPSA) is 84.5 Å². The lowest BCUT2D eigenvalue weighted by molar-refractivity contribution is 0.0639. The smallest absolute Gasteiger partial charge is 0.276 e. The van der Waals surface area contributed by atoms with E-state index in [1.165, 1.54) is 5.69 Å². The molecule has 0 spiro atoms. The third kappa shape index (κ3) is 3.31. The van der Waals surface area contributed by atoms with E-state index in [9.17, 15) is 9.59 Å². The summed E-state index contributed by atoms with van der Waals surface area (Å²) in [5.74, 6) is 0.428. The molecule has 2 aliphatic rings. The van der Waals surface area contributed by atoms with Crippen LogP contribution in [-0.4, -0.2) is 62.7 Å². The monoisotopic (exact) mass is 385 g/mol. The average Bonchev–Trinajstić information content (AvgIpc) is 3.40. The van der Waals surface area contributed by atoms with Crippen molar-refractivity contribution in [1.29, 1.82) is 0 Å². The van der Waals surface area contributed by atoms with Crippen LogP contribution in [0.1, 0.15) is 63.7 Å². The summed E-state index contributed by atoms with van der Waals surface area (Å²) in [6, 6.07) is 1.64. The molecule has 3 heterocycles. The molecule has 2 amide bonds. The van der Waals surface area contributed by atoms with Gasteiger partial charge in [-0.15, -0.1) is 0 Å². The second kappa shape index (κ2) is 7.41. The maximum Gasteiger partial charge on any atom is 0.276 e. The molecule has 0 saturated carbocycles. The van der Waals surface area contributed by atoms with Crippen molar-refractivity contribution in [1.82, 2.24) is 24.7 Å². The van der Waals surface area contributed by atoms with Gasteiger partial charge in [0.15, 0.2) is 11.4 Å². The summed E-state index contributed by atoms with van der Waals surface area (Å²) in [5.41, 5.74) is 3.19. The van der Waals surface area contributed by atoms with Gasteiger partial charge in [-0.05, 0) is 45.4 Å².